The molecule has 0 unspecified atom stereocenters. The highest BCUT2D eigenvalue weighted by molar-refractivity contribution is 5.84. The number of hydrogen-bond acceptors (Lipinski definition) is 4. The first kappa shape index (κ1) is 53.0. The molecule has 4 nitrogen and oxygen atoms in total. The second-order valence-electron chi connectivity index (χ2n) is 17.6. The minimum atomic E-state index is -0.110. The first-order valence-electron chi connectivity index (χ1n) is 25.6. The second kappa shape index (κ2) is 40.0. The Bertz CT molecular complexity index is 1400. The average molecular weight is 827 g/mol. The van der Waals surface area contributed by atoms with Crippen LogP contribution in [-0.4, -0.2) is 11.9 Å². The molecule has 0 spiro atoms. The van der Waals surface area contributed by atoms with Crippen LogP contribution in [-0.2, 0) is 9.59 Å². The molecule has 0 aliphatic rings. The third-order valence-electron chi connectivity index (χ3n) is 11.9. The van der Waals surface area contributed by atoms with E-state index in [-0.39, 0.29) is 11.9 Å². The highest BCUT2D eigenvalue weighted by Gasteiger charge is 2.06. The topological polar surface area (TPSA) is 52.6 Å². The normalized spacial score (nSPS) is 11.0. The predicted molar refractivity (Wildman–Crippen MR) is 259 cm³/mol. The summed E-state index contributed by atoms with van der Waals surface area (Å²) in [4.78, 5) is 23.8. The standard InChI is InChI=1S/C30H46O2.C26H44O2/c1-2-3-4-5-6-7-8-9-10-11-12-13-14-15-16-17-18-23-30(31)32-29-25-24-27-21-19-20-22-28(27)26-29;1-2-3-4-5-6-7-8-9-10-11-12-13-14-15-16-17-21-24-26(27)28-25-22-19-18-20-23-25/h19-22,24-26H,2-18,23H2,1H3;18-20,22-23H,2-17,21,24H2,1H3. The summed E-state index contributed by atoms with van der Waals surface area (Å²) in [5.41, 5.74) is 0. The van der Waals surface area contributed by atoms with E-state index >= 15 is 0 Å². The fourth-order valence-electron chi connectivity index (χ4n) is 8.07. The largest absolute Gasteiger partial charge is 0.427 e. The van der Waals surface area contributed by atoms with E-state index in [4.69, 9.17) is 9.47 Å². The molecule has 3 aromatic carbocycles. The van der Waals surface area contributed by atoms with Crippen molar-refractivity contribution in [3.05, 3.63) is 72.8 Å². The van der Waals surface area contributed by atoms with E-state index in [9.17, 15) is 9.59 Å². The molecule has 0 atom stereocenters. The summed E-state index contributed by atoms with van der Waals surface area (Å²) >= 11 is 0. The highest BCUT2D eigenvalue weighted by Crippen LogP contribution is 2.22. The molecule has 0 aliphatic heterocycles. The van der Waals surface area contributed by atoms with Crippen molar-refractivity contribution in [1.29, 1.82) is 0 Å². The van der Waals surface area contributed by atoms with Gasteiger partial charge in [0.15, 0.2) is 0 Å². The summed E-state index contributed by atoms with van der Waals surface area (Å²) in [7, 11) is 0. The van der Waals surface area contributed by atoms with Crippen molar-refractivity contribution in [2.45, 2.75) is 245 Å². The number of para-hydroxylation sites is 1. The van der Waals surface area contributed by atoms with Gasteiger partial charge in [0.05, 0.1) is 0 Å². The van der Waals surface area contributed by atoms with Gasteiger partial charge >= 0.3 is 11.9 Å². The molecular formula is C56H90O4. The van der Waals surface area contributed by atoms with Crippen LogP contribution in [0.15, 0.2) is 72.8 Å². The van der Waals surface area contributed by atoms with E-state index in [1.54, 1.807) is 0 Å². The van der Waals surface area contributed by atoms with Crippen LogP contribution in [0, 0.1) is 0 Å². The van der Waals surface area contributed by atoms with E-state index in [0.29, 0.717) is 24.3 Å². The third-order valence-corrected chi connectivity index (χ3v) is 11.9. The number of benzene rings is 3. The molecule has 338 valence electrons. The van der Waals surface area contributed by atoms with Crippen molar-refractivity contribution < 1.29 is 19.1 Å². The van der Waals surface area contributed by atoms with Gasteiger partial charge in [0, 0.05) is 12.8 Å². The number of carbonyl (C=O) groups is 2. The number of carbonyl (C=O) groups excluding carboxylic acids is 2. The lowest BCUT2D eigenvalue weighted by Gasteiger charge is -2.06. The highest BCUT2D eigenvalue weighted by atomic mass is 16.5. The Kier molecular flexibility index (Phi) is 35.3. The van der Waals surface area contributed by atoms with Crippen LogP contribution in [0.25, 0.3) is 10.8 Å². The smallest absolute Gasteiger partial charge is 0.311 e. The maximum absolute atomic E-state index is 12.1. The third kappa shape index (κ3) is 31.7. The monoisotopic (exact) mass is 827 g/mol. The fourth-order valence-corrected chi connectivity index (χ4v) is 8.07. The predicted octanol–water partition coefficient (Wildman–Crippen LogP) is 18.4. The lowest BCUT2D eigenvalue weighted by molar-refractivity contribution is -0.135. The van der Waals surface area contributed by atoms with Gasteiger partial charge in [-0.2, -0.15) is 0 Å². The van der Waals surface area contributed by atoms with Gasteiger partial charge in [-0.1, -0.05) is 268 Å². The summed E-state index contributed by atoms with van der Waals surface area (Å²) < 4.78 is 10.8. The molecule has 0 fully saturated rings. The zero-order valence-electron chi connectivity index (χ0n) is 39.0. The molecule has 0 bridgehead atoms. The second-order valence-corrected chi connectivity index (χ2v) is 17.6. The Labute approximate surface area is 369 Å². The first-order valence-corrected chi connectivity index (χ1v) is 25.6. The summed E-state index contributed by atoms with van der Waals surface area (Å²) in [5, 5.41) is 2.27. The molecule has 0 radical (unpaired) electrons. The Balaban J connectivity index is 0.000000418. The molecule has 0 aliphatic carbocycles. The number of hydrogen-bond donors (Lipinski definition) is 0. The summed E-state index contributed by atoms with van der Waals surface area (Å²) in [6.45, 7) is 4.57. The molecule has 0 amide bonds. The van der Waals surface area contributed by atoms with Gasteiger partial charge in [-0.15, -0.1) is 0 Å². The van der Waals surface area contributed by atoms with Crippen LogP contribution >= 0.6 is 0 Å². The SMILES string of the molecule is CCCCCCCCCCCCCCCCCCCC(=O)Oc1ccc2ccccc2c1.CCCCCCCCCCCCCCCCCCCC(=O)Oc1ccccc1. The van der Waals surface area contributed by atoms with Crippen LogP contribution in [0.2, 0.25) is 0 Å². The number of ether oxygens (including phenoxy) is 2. The molecule has 0 N–H and O–H groups in total. The van der Waals surface area contributed by atoms with Crippen molar-refractivity contribution in [2.24, 2.45) is 0 Å². The maximum Gasteiger partial charge on any atom is 0.311 e. The van der Waals surface area contributed by atoms with Crippen molar-refractivity contribution in [2.75, 3.05) is 0 Å². The molecule has 0 saturated heterocycles. The zero-order chi connectivity index (χ0) is 42.8. The number of esters is 2. The Morgan fingerprint density at radius 3 is 0.983 bits per heavy atom. The van der Waals surface area contributed by atoms with Gasteiger partial charge in [0.2, 0.25) is 0 Å². The van der Waals surface area contributed by atoms with E-state index in [1.165, 1.54) is 198 Å². The van der Waals surface area contributed by atoms with Crippen molar-refractivity contribution in [3.8, 4) is 11.5 Å². The number of fused-ring (bicyclic) bond motifs is 1. The van der Waals surface area contributed by atoms with Crippen LogP contribution < -0.4 is 9.47 Å². The average Bonchev–Trinajstić information content (AvgIpc) is 3.26. The lowest BCUT2D eigenvalue weighted by atomic mass is 10.0. The molecule has 4 heteroatoms. The lowest BCUT2D eigenvalue weighted by Crippen LogP contribution is -2.07. The minimum Gasteiger partial charge on any atom is -0.427 e. The van der Waals surface area contributed by atoms with E-state index in [2.05, 4.69) is 19.9 Å². The van der Waals surface area contributed by atoms with Gasteiger partial charge in [-0.3, -0.25) is 9.59 Å². The summed E-state index contributed by atoms with van der Waals surface area (Å²) in [6, 6.07) is 23.3. The minimum absolute atomic E-state index is 0.104. The van der Waals surface area contributed by atoms with E-state index in [1.807, 2.05) is 66.7 Å². The number of rotatable bonds is 38. The quantitative estimate of drug-likeness (QED) is 0.0328. The molecule has 3 aromatic rings. The zero-order valence-corrected chi connectivity index (χ0v) is 39.0. The molecule has 60 heavy (non-hydrogen) atoms. The van der Waals surface area contributed by atoms with Crippen LogP contribution in [0.5, 0.6) is 11.5 Å². The summed E-state index contributed by atoms with van der Waals surface area (Å²) in [5.74, 6) is 1.09. The Morgan fingerprint density at radius 1 is 0.317 bits per heavy atom. The van der Waals surface area contributed by atoms with Gasteiger partial charge < -0.3 is 9.47 Å². The van der Waals surface area contributed by atoms with Crippen molar-refractivity contribution in [1.82, 2.24) is 0 Å². The van der Waals surface area contributed by atoms with Gasteiger partial charge in [-0.25, -0.2) is 0 Å². The van der Waals surface area contributed by atoms with Crippen molar-refractivity contribution >= 4 is 22.7 Å². The Hall–Kier alpha value is -3.14. The Morgan fingerprint density at radius 2 is 0.617 bits per heavy atom. The molecule has 0 saturated carbocycles. The molecular weight excluding hydrogens is 737 g/mol. The van der Waals surface area contributed by atoms with Crippen LogP contribution in [0.3, 0.4) is 0 Å². The number of unbranched alkanes of at least 4 members (excludes halogenated alkanes) is 32. The molecule has 0 aromatic heterocycles. The maximum atomic E-state index is 12.1. The van der Waals surface area contributed by atoms with Gasteiger partial charge in [0.25, 0.3) is 0 Å². The summed E-state index contributed by atoms with van der Waals surface area (Å²) in [6.07, 6.45) is 47.1. The van der Waals surface area contributed by atoms with Crippen LogP contribution in [0.4, 0.5) is 0 Å². The van der Waals surface area contributed by atoms with Gasteiger partial charge in [0.1, 0.15) is 11.5 Å². The van der Waals surface area contributed by atoms with E-state index in [0.717, 1.165) is 31.1 Å². The van der Waals surface area contributed by atoms with Gasteiger partial charge in [-0.05, 0) is 47.9 Å². The molecule has 0 heterocycles. The molecule has 3 rings (SSSR count). The first-order chi connectivity index (χ1) is 29.6. The van der Waals surface area contributed by atoms with E-state index < -0.39 is 0 Å². The van der Waals surface area contributed by atoms with Crippen molar-refractivity contribution in [3.63, 3.8) is 0 Å². The van der Waals surface area contributed by atoms with Crippen LogP contribution in [0.1, 0.15) is 245 Å². The fraction of sp³-hybridized carbons (Fsp3) is 0.679.